The fraction of sp³-hybridized carbons (Fsp3) is 0.542. The third-order valence-electron chi connectivity index (χ3n) is 6.96. The number of esters is 1. The van der Waals surface area contributed by atoms with Gasteiger partial charge in [-0.15, -0.1) is 0 Å². The third kappa shape index (κ3) is 4.31. The quantitative estimate of drug-likeness (QED) is 0.536. The number of nitrogens with zero attached hydrogens (tertiary/aromatic N) is 1. The Bertz CT molecular complexity index is 1040. The zero-order valence-corrected chi connectivity index (χ0v) is 18.3. The highest BCUT2D eigenvalue weighted by molar-refractivity contribution is 5.87. The molecule has 2 aromatic rings. The van der Waals surface area contributed by atoms with Gasteiger partial charge in [-0.25, -0.2) is 4.79 Å². The number of carbonyl (C=O) groups is 2. The van der Waals surface area contributed by atoms with Gasteiger partial charge in [-0.05, 0) is 30.4 Å². The number of hydrogen-bond donors (Lipinski definition) is 0. The molecule has 31 heavy (non-hydrogen) atoms. The van der Waals surface area contributed by atoms with Crippen molar-refractivity contribution in [2.24, 2.45) is 17.8 Å². The van der Waals surface area contributed by atoms with E-state index in [2.05, 4.69) is 13.8 Å². The summed E-state index contributed by atoms with van der Waals surface area (Å²) in [6.07, 6.45) is 3.49. The van der Waals surface area contributed by atoms with E-state index in [1.807, 2.05) is 4.90 Å². The standard InChI is InChI=1S/C24H29NO6/c1-14-5-4-6-20(15(14)2)25-12-16(9-22(25)26)24(28)30-13-17-10-23(27)31-21-11-18(29-3)7-8-19(17)21/h7-8,10-11,14-16,20H,4-6,9,12-13H2,1-3H3/t14-,15+,16-,20-/m1/s1. The van der Waals surface area contributed by atoms with E-state index < -0.39 is 17.5 Å². The van der Waals surface area contributed by atoms with Crippen molar-refractivity contribution in [2.75, 3.05) is 13.7 Å². The predicted octanol–water partition coefficient (Wildman–Crippen LogP) is 3.52. The van der Waals surface area contributed by atoms with Crippen molar-refractivity contribution in [2.45, 2.75) is 52.2 Å². The number of methoxy groups -OCH3 is 1. The highest BCUT2D eigenvalue weighted by Gasteiger charge is 2.42. The van der Waals surface area contributed by atoms with Gasteiger partial charge in [0, 0.05) is 42.1 Å². The van der Waals surface area contributed by atoms with Crippen molar-refractivity contribution >= 4 is 22.8 Å². The molecule has 1 saturated carbocycles. The van der Waals surface area contributed by atoms with E-state index in [9.17, 15) is 14.4 Å². The first-order valence-corrected chi connectivity index (χ1v) is 10.9. The molecule has 0 unspecified atom stereocenters. The van der Waals surface area contributed by atoms with Crippen LogP contribution in [0.25, 0.3) is 11.0 Å². The summed E-state index contributed by atoms with van der Waals surface area (Å²) >= 11 is 0. The van der Waals surface area contributed by atoms with Gasteiger partial charge in [0.15, 0.2) is 0 Å². The van der Waals surface area contributed by atoms with Crippen LogP contribution in [0.4, 0.5) is 0 Å². The Morgan fingerprint density at radius 2 is 2.00 bits per heavy atom. The van der Waals surface area contributed by atoms with E-state index in [4.69, 9.17) is 13.9 Å². The maximum atomic E-state index is 12.7. The highest BCUT2D eigenvalue weighted by atomic mass is 16.5. The fourth-order valence-electron chi connectivity index (χ4n) is 4.93. The molecule has 1 aromatic heterocycles. The zero-order chi connectivity index (χ0) is 22.1. The van der Waals surface area contributed by atoms with Crippen molar-refractivity contribution < 1.29 is 23.5 Å². The Morgan fingerprint density at radius 3 is 2.77 bits per heavy atom. The maximum absolute atomic E-state index is 12.7. The number of amides is 1. The minimum atomic E-state index is -0.519. The van der Waals surface area contributed by atoms with Gasteiger partial charge in [-0.1, -0.05) is 26.7 Å². The monoisotopic (exact) mass is 427 g/mol. The SMILES string of the molecule is COc1ccc2c(COC(=O)[C@@H]3CC(=O)N([C@@H]4CCC[C@@H](C)[C@@H]4C)C3)cc(=O)oc2c1. The van der Waals surface area contributed by atoms with Crippen LogP contribution in [-0.2, 0) is 20.9 Å². The number of likely N-dealkylation sites (tertiary alicyclic amines) is 1. The molecule has 0 N–H and O–H groups in total. The first kappa shape index (κ1) is 21.4. The molecule has 4 atom stereocenters. The number of ether oxygens (including phenoxy) is 2. The maximum Gasteiger partial charge on any atom is 0.336 e. The first-order chi connectivity index (χ1) is 14.9. The van der Waals surface area contributed by atoms with E-state index in [1.54, 1.807) is 18.2 Å². The second-order valence-electron chi connectivity index (χ2n) is 8.84. The van der Waals surface area contributed by atoms with Gasteiger partial charge in [0.2, 0.25) is 5.91 Å². The van der Waals surface area contributed by atoms with E-state index in [1.165, 1.54) is 19.6 Å². The summed E-state index contributed by atoms with van der Waals surface area (Å²) in [5, 5.41) is 0.683. The van der Waals surface area contributed by atoms with Crippen LogP contribution in [-0.4, -0.2) is 36.5 Å². The summed E-state index contributed by atoms with van der Waals surface area (Å²) in [4.78, 5) is 39.2. The second-order valence-corrected chi connectivity index (χ2v) is 8.84. The van der Waals surface area contributed by atoms with Crippen LogP contribution in [0.1, 0.15) is 45.1 Å². The van der Waals surface area contributed by atoms with Gasteiger partial charge in [0.25, 0.3) is 0 Å². The van der Waals surface area contributed by atoms with Crippen LogP contribution in [0.5, 0.6) is 5.75 Å². The minimum absolute atomic E-state index is 0.0331. The van der Waals surface area contributed by atoms with Gasteiger partial charge in [-0.2, -0.15) is 0 Å². The predicted molar refractivity (Wildman–Crippen MR) is 115 cm³/mol. The lowest BCUT2D eigenvalue weighted by Gasteiger charge is -2.39. The van der Waals surface area contributed by atoms with Crippen molar-refractivity contribution in [3.8, 4) is 5.75 Å². The second kappa shape index (κ2) is 8.73. The van der Waals surface area contributed by atoms with E-state index in [0.29, 0.717) is 40.7 Å². The molecule has 1 aromatic carbocycles. The van der Waals surface area contributed by atoms with Crippen molar-refractivity contribution in [3.05, 3.63) is 40.2 Å². The molecule has 1 aliphatic carbocycles. The Labute approximate surface area is 181 Å². The molecule has 4 rings (SSSR count). The van der Waals surface area contributed by atoms with Crippen LogP contribution in [0, 0.1) is 17.8 Å². The van der Waals surface area contributed by atoms with Gasteiger partial charge in [0.05, 0.1) is 13.0 Å². The summed E-state index contributed by atoms with van der Waals surface area (Å²) in [7, 11) is 1.53. The van der Waals surface area contributed by atoms with Gasteiger partial charge >= 0.3 is 11.6 Å². The number of fused-ring (bicyclic) bond motifs is 1. The molecule has 1 aliphatic heterocycles. The van der Waals surface area contributed by atoms with Gasteiger partial charge in [-0.3, -0.25) is 9.59 Å². The Balaban J connectivity index is 1.44. The van der Waals surface area contributed by atoms with E-state index in [0.717, 1.165) is 12.8 Å². The van der Waals surface area contributed by atoms with Crippen LogP contribution in [0.3, 0.4) is 0 Å². The lowest BCUT2D eigenvalue weighted by Crippen LogP contribution is -2.45. The Morgan fingerprint density at radius 1 is 1.19 bits per heavy atom. The summed E-state index contributed by atoms with van der Waals surface area (Å²) < 4.78 is 15.9. The largest absolute Gasteiger partial charge is 0.497 e. The number of rotatable bonds is 5. The molecule has 7 nitrogen and oxygen atoms in total. The average molecular weight is 427 g/mol. The lowest BCUT2D eigenvalue weighted by atomic mass is 9.77. The molecular weight excluding hydrogens is 398 g/mol. The van der Waals surface area contributed by atoms with Crippen LogP contribution >= 0.6 is 0 Å². The topological polar surface area (TPSA) is 86.0 Å². The molecule has 1 amide bonds. The smallest absolute Gasteiger partial charge is 0.336 e. The Kier molecular flexibility index (Phi) is 6.03. The molecule has 2 heterocycles. The zero-order valence-electron chi connectivity index (χ0n) is 18.3. The minimum Gasteiger partial charge on any atom is -0.497 e. The van der Waals surface area contributed by atoms with Crippen molar-refractivity contribution in [1.29, 1.82) is 0 Å². The normalized spacial score (nSPS) is 26.3. The third-order valence-corrected chi connectivity index (χ3v) is 6.96. The number of hydrogen-bond acceptors (Lipinski definition) is 6. The van der Waals surface area contributed by atoms with Gasteiger partial charge < -0.3 is 18.8 Å². The lowest BCUT2D eigenvalue weighted by molar-refractivity contribution is -0.149. The van der Waals surface area contributed by atoms with Crippen molar-refractivity contribution in [1.82, 2.24) is 4.90 Å². The van der Waals surface area contributed by atoms with E-state index in [-0.39, 0.29) is 25.0 Å². The summed E-state index contributed by atoms with van der Waals surface area (Å²) in [5.41, 5.74) is 0.424. The Hall–Kier alpha value is -2.83. The summed E-state index contributed by atoms with van der Waals surface area (Å²) in [5.74, 6) is 0.741. The molecule has 1 saturated heterocycles. The van der Waals surface area contributed by atoms with Crippen LogP contribution in [0.2, 0.25) is 0 Å². The molecule has 7 heteroatoms. The van der Waals surface area contributed by atoms with Crippen molar-refractivity contribution in [3.63, 3.8) is 0 Å². The molecular formula is C24H29NO6. The molecule has 0 spiro atoms. The molecule has 2 aliphatic rings. The summed E-state index contributed by atoms with van der Waals surface area (Å²) in [6, 6.07) is 6.69. The number of carbonyl (C=O) groups excluding carboxylic acids is 2. The highest BCUT2D eigenvalue weighted by Crippen LogP contribution is 2.36. The molecule has 166 valence electrons. The molecule has 0 bridgehead atoms. The van der Waals surface area contributed by atoms with Gasteiger partial charge in [0.1, 0.15) is 17.9 Å². The first-order valence-electron chi connectivity index (χ1n) is 10.9. The summed E-state index contributed by atoms with van der Waals surface area (Å²) in [6.45, 7) is 4.80. The fourth-order valence-corrected chi connectivity index (χ4v) is 4.93. The van der Waals surface area contributed by atoms with Crippen LogP contribution in [0.15, 0.2) is 33.5 Å². The molecule has 0 radical (unpaired) electrons. The number of benzene rings is 1. The molecule has 2 fully saturated rings. The van der Waals surface area contributed by atoms with Crippen LogP contribution < -0.4 is 10.4 Å². The average Bonchev–Trinajstić information content (AvgIpc) is 3.14. The van der Waals surface area contributed by atoms with E-state index >= 15 is 0 Å².